The van der Waals surface area contributed by atoms with Crippen molar-refractivity contribution < 1.29 is 9.53 Å². The number of hydrogen-bond donors (Lipinski definition) is 1. The van der Waals surface area contributed by atoms with Crippen LogP contribution in [0.25, 0.3) is 0 Å². The number of aromatic nitrogens is 1. The van der Waals surface area contributed by atoms with E-state index in [0.717, 1.165) is 18.5 Å². The van der Waals surface area contributed by atoms with Gasteiger partial charge in [-0.15, -0.1) is 0 Å². The summed E-state index contributed by atoms with van der Waals surface area (Å²) in [5.74, 6) is -0.248. The molecule has 0 saturated heterocycles. The molecule has 1 aromatic carbocycles. The molecule has 0 aliphatic heterocycles. The van der Waals surface area contributed by atoms with Crippen LogP contribution in [0.1, 0.15) is 28.5 Å². The van der Waals surface area contributed by atoms with Crippen molar-refractivity contribution in [3.63, 3.8) is 0 Å². The van der Waals surface area contributed by atoms with E-state index in [4.69, 9.17) is 4.74 Å². The Bertz CT molecular complexity index is 502. The SMILES string of the molecule is CCOC(=O)c1cc[nH]c1CCc1ccccc1. The maximum atomic E-state index is 11.7. The van der Waals surface area contributed by atoms with Crippen LogP contribution in [0.4, 0.5) is 0 Å². The second-order valence-electron chi connectivity index (χ2n) is 4.08. The standard InChI is InChI=1S/C15H17NO2/c1-2-18-15(17)13-10-11-16-14(13)9-8-12-6-4-3-5-7-12/h3-7,10-11,16H,2,8-9H2,1H3. The lowest BCUT2D eigenvalue weighted by molar-refractivity contribution is 0.0525. The van der Waals surface area contributed by atoms with Crippen LogP contribution < -0.4 is 0 Å². The quantitative estimate of drug-likeness (QED) is 0.820. The van der Waals surface area contributed by atoms with Crippen molar-refractivity contribution in [3.8, 4) is 0 Å². The summed E-state index contributed by atoms with van der Waals surface area (Å²) in [6.07, 6.45) is 3.51. The van der Waals surface area contributed by atoms with E-state index in [1.54, 1.807) is 12.3 Å². The van der Waals surface area contributed by atoms with Gasteiger partial charge in [-0.05, 0) is 31.4 Å². The van der Waals surface area contributed by atoms with Crippen LogP contribution in [0, 0.1) is 0 Å². The van der Waals surface area contributed by atoms with E-state index in [-0.39, 0.29) is 5.97 Å². The van der Waals surface area contributed by atoms with Crippen molar-refractivity contribution >= 4 is 5.97 Å². The number of hydrogen-bond acceptors (Lipinski definition) is 2. The second kappa shape index (κ2) is 6.05. The zero-order chi connectivity index (χ0) is 12.8. The molecule has 0 radical (unpaired) electrons. The molecule has 1 N–H and O–H groups in total. The lowest BCUT2D eigenvalue weighted by atomic mass is 10.1. The van der Waals surface area contributed by atoms with Gasteiger partial charge in [-0.2, -0.15) is 0 Å². The molecule has 1 aromatic heterocycles. The van der Waals surface area contributed by atoms with Crippen molar-refractivity contribution in [1.82, 2.24) is 4.98 Å². The number of esters is 1. The van der Waals surface area contributed by atoms with E-state index in [2.05, 4.69) is 17.1 Å². The minimum atomic E-state index is -0.248. The van der Waals surface area contributed by atoms with Gasteiger partial charge >= 0.3 is 5.97 Å². The highest BCUT2D eigenvalue weighted by Crippen LogP contribution is 2.12. The predicted molar refractivity (Wildman–Crippen MR) is 70.6 cm³/mol. The van der Waals surface area contributed by atoms with E-state index in [1.165, 1.54) is 5.56 Å². The molecule has 2 rings (SSSR count). The monoisotopic (exact) mass is 243 g/mol. The highest BCUT2D eigenvalue weighted by molar-refractivity contribution is 5.90. The average molecular weight is 243 g/mol. The molecular weight excluding hydrogens is 226 g/mol. The van der Waals surface area contributed by atoms with Gasteiger partial charge in [0.25, 0.3) is 0 Å². The predicted octanol–water partition coefficient (Wildman–Crippen LogP) is 2.98. The molecule has 0 amide bonds. The Morgan fingerprint density at radius 1 is 1.17 bits per heavy atom. The van der Waals surface area contributed by atoms with Gasteiger partial charge in [0.1, 0.15) is 0 Å². The van der Waals surface area contributed by atoms with Gasteiger partial charge in [0.2, 0.25) is 0 Å². The topological polar surface area (TPSA) is 42.1 Å². The maximum Gasteiger partial charge on any atom is 0.339 e. The molecule has 0 aliphatic carbocycles. The van der Waals surface area contributed by atoms with Gasteiger partial charge < -0.3 is 9.72 Å². The van der Waals surface area contributed by atoms with Crippen LogP contribution in [0.15, 0.2) is 42.6 Å². The third-order valence-corrected chi connectivity index (χ3v) is 2.83. The van der Waals surface area contributed by atoms with Crippen LogP contribution in [0.2, 0.25) is 0 Å². The molecule has 18 heavy (non-hydrogen) atoms. The summed E-state index contributed by atoms with van der Waals surface area (Å²) >= 11 is 0. The van der Waals surface area contributed by atoms with E-state index in [9.17, 15) is 4.79 Å². The van der Waals surface area contributed by atoms with E-state index in [1.807, 2.05) is 25.1 Å². The highest BCUT2D eigenvalue weighted by atomic mass is 16.5. The fourth-order valence-electron chi connectivity index (χ4n) is 1.92. The van der Waals surface area contributed by atoms with Crippen molar-refractivity contribution in [1.29, 1.82) is 0 Å². The molecule has 0 spiro atoms. The zero-order valence-electron chi connectivity index (χ0n) is 10.5. The number of carbonyl (C=O) groups excluding carboxylic acids is 1. The first kappa shape index (κ1) is 12.4. The Morgan fingerprint density at radius 2 is 1.94 bits per heavy atom. The molecule has 3 heteroatoms. The van der Waals surface area contributed by atoms with Crippen molar-refractivity contribution in [2.45, 2.75) is 19.8 Å². The number of carbonyl (C=O) groups is 1. The number of nitrogens with one attached hydrogen (secondary N) is 1. The number of benzene rings is 1. The van der Waals surface area contributed by atoms with Crippen LogP contribution in [0.5, 0.6) is 0 Å². The first-order chi connectivity index (χ1) is 8.81. The minimum Gasteiger partial charge on any atom is -0.462 e. The molecule has 0 aliphatic rings. The van der Waals surface area contributed by atoms with Crippen LogP contribution >= 0.6 is 0 Å². The van der Waals surface area contributed by atoms with Gasteiger partial charge in [0, 0.05) is 11.9 Å². The molecule has 94 valence electrons. The zero-order valence-corrected chi connectivity index (χ0v) is 10.5. The lowest BCUT2D eigenvalue weighted by Crippen LogP contribution is -2.07. The van der Waals surface area contributed by atoms with Crippen molar-refractivity contribution in [2.75, 3.05) is 6.61 Å². The summed E-state index contributed by atoms with van der Waals surface area (Å²) in [6.45, 7) is 2.22. The Morgan fingerprint density at radius 3 is 2.67 bits per heavy atom. The number of H-pyrrole nitrogens is 1. The Balaban J connectivity index is 2.02. The van der Waals surface area contributed by atoms with Gasteiger partial charge in [0.05, 0.1) is 12.2 Å². The smallest absolute Gasteiger partial charge is 0.339 e. The summed E-state index contributed by atoms with van der Waals surface area (Å²) in [4.78, 5) is 14.8. The molecule has 2 aromatic rings. The first-order valence-electron chi connectivity index (χ1n) is 6.18. The van der Waals surface area contributed by atoms with Crippen molar-refractivity contribution in [3.05, 3.63) is 59.4 Å². The van der Waals surface area contributed by atoms with Gasteiger partial charge in [-0.1, -0.05) is 30.3 Å². The van der Waals surface area contributed by atoms with E-state index < -0.39 is 0 Å². The highest BCUT2D eigenvalue weighted by Gasteiger charge is 2.12. The number of aromatic amines is 1. The molecular formula is C15H17NO2. The molecule has 0 bridgehead atoms. The number of aryl methyl sites for hydroxylation is 2. The Labute approximate surface area is 107 Å². The summed E-state index contributed by atoms with van der Waals surface area (Å²) in [5.41, 5.74) is 2.85. The van der Waals surface area contributed by atoms with E-state index >= 15 is 0 Å². The summed E-state index contributed by atoms with van der Waals surface area (Å²) in [7, 11) is 0. The van der Waals surface area contributed by atoms with Crippen LogP contribution in [0.3, 0.4) is 0 Å². The number of ether oxygens (including phenoxy) is 1. The maximum absolute atomic E-state index is 11.7. The fourth-order valence-corrected chi connectivity index (χ4v) is 1.92. The Kier molecular flexibility index (Phi) is 4.18. The minimum absolute atomic E-state index is 0.248. The molecule has 3 nitrogen and oxygen atoms in total. The van der Waals surface area contributed by atoms with Crippen LogP contribution in [-0.2, 0) is 17.6 Å². The van der Waals surface area contributed by atoms with E-state index in [0.29, 0.717) is 12.2 Å². The molecule has 0 fully saturated rings. The lowest BCUT2D eigenvalue weighted by Gasteiger charge is -2.04. The normalized spacial score (nSPS) is 10.3. The number of rotatable bonds is 5. The molecule has 0 saturated carbocycles. The summed E-state index contributed by atoms with van der Waals surface area (Å²) < 4.78 is 5.02. The fraction of sp³-hybridized carbons (Fsp3) is 0.267. The largest absolute Gasteiger partial charge is 0.462 e. The van der Waals surface area contributed by atoms with Crippen molar-refractivity contribution in [2.24, 2.45) is 0 Å². The molecule has 0 unspecified atom stereocenters. The third-order valence-electron chi connectivity index (χ3n) is 2.83. The molecule has 1 heterocycles. The van der Waals surface area contributed by atoms with Gasteiger partial charge in [-0.3, -0.25) is 0 Å². The second-order valence-corrected chi connectivity index (χ2v) is 4.08. The van der Waals surface area contributed by atoms with Gasteiger partial charge in [0.15, 0.2) is 0 Å². The van der Waals surface area contributed by atoms with Crippen LogP contribution in [-0.4, -0.2) is 17.6 Å². The summed E-state index contributed by atoms with van der Waals surface area (Å²) in [5, 5.41) is 0. The first-order valence-corrected chi connectivity index (χ1v) is 6.18. The third kappa shape index (κ3) is 3.00. The Hall–Kier alpha value is -2.03. The summed E-state index contributed by atoms with van der Waals surface area (Å²) in [6, 6.07) is 12.0. The van der Waals surface area contributed by atoms with Gasteiger partial charge in [-0.25, -0.2) is 4.79 Å². The molecule has 0 atom stereocenters. The average Bonchev–Trinajstić information content (AvgIpc) is 2.86.